The molecule has 0 aliphatic rings. The molecule has 0 saturated heterocycles. The van der Waals surface area contributed by atoms with Crippen molar-refractivity contribution in [2.75, 3.05) is 10.6 Å². The molecular weight excluding hydrogens is 671 g/mol. The largest absolute Gasteiger partial charge is 0.319 e. The predicted octanol–water partition coefficient (Wildman–Crippen LogP) is 6.17. The first-order chi connectivity index (χ1) is 24.3. The molecule has 7 rings (SSSR count). The molecule has 7 aromatic rings. The van der Waals surface area contributed by atoms with E-state index in [9.17, 15) is 14.4 Å². The van der Waals surface area contributed by atoms with E-state index in [-0.39, 0.29) is 28.2 Å². The monoisotopic (exact) mass is 701 g/mol. The molecule has 4 aromatic heterocycles. The molecule has 250 valence electrons. The quantitative estimate of drug-likeness (QED) is 0.128. The van der Waals surface area contributed by atoms with Crippen LogP contribution in [-0.4, -0.2) is 51.4 Å². The lowest BCUT2D eigenvalue weighted by atomic mass is 10.1. The first-order valence-corrected chi connectivity index (χ1v) is 17.4. The number of thioether (sulfide) groups is 1. The van der Waals surface area contributed by atoms with Crippen LogP contribution in [0.15, 0.2) is 112 Å². The van der Waals surface area contributed by atoms with E-state index < -0.39 is 5.25 Å². The normalized spacial score (nSPS) is 11.8. The molecule has 12 nitrogen and oxygen atoms in total. The van der Waals surface area contributed by atoms with Crippen molar-refractivity contribution in [2.45, 2.75) is 30.0 Å². The van der Waals surface area contributed by atoms with Crippen LogP contribution in [0.2, 0.25) is 0 Å². The van der Waals surface area contributed by atoms with Gasteiger partial charge in [-0.2, -0.15) is 5.10 Å². The third-order valence-corrected chi connectivity index (χ3v) is 10.2. The van der Waals surface area contributed by atoms with Gasteiger partial charge < -0.3 is 5.32 Å². The topological polar surface area (TPSA) is 142 Å². The molecule has 3 aromatic carbocycles. The number of pyridine rings is 1. The molecule has 0 fully saturated rings. The SMILES string of the molecule is Cc1c(NC(=O)C(C)Sc2nnc(NC(=O)c3cc(-c4ccccc4)nc4c3cnn4Cc3ccccc3)s2)c(=O)n(-c2ccccc2)n1C. The number of hydrogen-bond donors (Lipinski definition) is 2. The van der Waals surface area contributed by atoms with Crippen LogP contribution in [0.4, 0.5) is 10.8 Å². The van der Waals surface area contributed by atoms with Gasteiger partial charge in [-0.1, -0.05) is 102 Å². The van der Waals surface area contributed by atoms with Gasteiger partial charge in [0, 0.05) is 12.6 Å². The van der Waals surface area contributed by atoms with Crippen LogP contribution in [0.1, 0.15) is 28.5 Å². The molecule has 0 spiro atoms. The molecule has 1 unspecified atom stereocenters. The maximum Gasteiger partial charge on any atom is 0.295 e. The Balaban J connectivity index is 1.08. The van der Waals surface area contributed by atoms with Gasteiger partial charge in [0.2, 0.25) is 11.0 Å². The highest BCUT2D eigenvalue weighted by atomic mass is 32.2. The van der Waals surface area contributed by atoms with Crippen molar-refractivity contribution in [2.24, 2.45) is 7.05 Å². The zero-order valence-corrected chi connectivity index (χ0v) is 28.9. The van der Waals surface area contributed by atoms with E-state index in [1.807, 2.05) is 91.0 Å². The Kier molecular flexibility index (Phi) is 9.11. The van der Waals surface area contributed by atoms with Crippen LogP contribution < -0.4 is 16.2 Å². The van der Waals surface area contributed by atoms with Gasteiger partial charge in [0.15, 0.2) is 9.99 Å². The number of benzene rings is 3. The number of carbonyl (C=O) groups is 2. The van der Waals surface area contributed by atoms with Gasteiger partial charge in [0.05, 0.1) is 46.0 Å². The second kappa shape index (κ2) is 13.9. The number of anilines is 2. The van der Waals surface area contributed by atoms with Crippen molar-refractivity contribution >= 4 is 56.8 Å². The van der Waals surface area contributed by atoms with Gasteiger partial charge in [-0.25, -0.2) is 14.3 Å². The van der Waals surface area contributed by atoms with Crippen molar-refractivity contribution < 1.29 is 9.59 Å². The maximum absolute atomic E-state index is 13.8. The highest BCUT2D eigenvalue weighted by Crippen LogP contribution is 2.31. The molecule has 2 amide bonds. The zero-order chi connectivity index (χ0) is 34.8. The highest BCUT2D eigenvalue weighted by Gasteiger charge is 2.24. The van der Waals surface area contributed by atoms with E-state index in [0.717, 1.165) is 22.5 Å². The number of nitrogens with one attached hydrogen (secondary N) is 2. The molecule has 0 bridgehead atoms. The van der Waals surface area contributed by atoms with Crippen molar-refractivity contribution in [3.63, 3.8) is 0 Å². The standard InChI is InChI=1S/C36H31N9O3S2/c1-22-30(34(48)45(43(22)3)26-17-11-6-12-18-26)39-32(46)23(2)49-36-42-41-35(50-36)40-33(47)27-19-29(25-15-9-5-10-16-25)38-31-28(27)20-37-44(31)21-24-13-7-4-8-14-24/h4-20,23H,21H2,1-3H3,(H,39,46)(H,40,41,47). The van der Waals surface area contributed by atoms with E-state index >= 15 is 0 Å². The lowest BCUT2D eigenvalue weighted by Crippen LogP contribution is -2.27. The fourth-order valence-corrected chi connectivity index (χ4v) is 7.37. The van der Waals surface area contributed by atoms with Gasteiger partial charge in [-0.05, 0) is 37.6 Å². The fraction of sp³-hybridized carbons (Fsp3) is 0.139. The lowest BCUT2D eigenvalue weighted by molar-refractivity contribution is -0.115. The van der Waals surface area contributed by atoms with Gasteiger partial charge in [-0.3, -0.25) is 24.4 Å². The highest BCUT2D eigenvalue weighted by molar-refractivity contribution is 8.02. The van der Waals surface area contributed by atoms with E-state index in [4.69, 9.17) is 4.98 Å². The average molecular weight is 702 g/mol. The van der Waals surface area contributed by atoms with Crippen LogP contribution in [0, 0.1) is 6.92 Å². The summed E-state index contributed by atoms with van der Waals surface area (Å²) in [5.74, 6) is -0.747. The summed E-state index contributed by atoms with van der Waals surface area (Å²) >= 11 is 2.34. The molecule has 4 heterocycles. The van der Waals surface area contributed by atoms with Crippen molar-refractivity contribution in [3.8, 4) is 16.9 Å². The Morgan fingerprint density at radius 1 is 0.920 bits per heavy atom. The van der Waals surface area contributed by atoms with Crippen LogP contribution in [0.3, 0.4) is 0 Å². The smallest absolute Gasteiger partial charge is 0.295 e. The molecule has 50 heavy (non-hydrogen) atoms. The molecule has 0 radical (unpaired) electrons. The predicted molar refractivity (Wildman–Crippen MR) is 196 cm³/mol. The summed E-state index contributed by atoms with van der Waals surface area (Å²) in [4.78, 5) is 45.2. The Morgan fingerprint density at radius 3 is 2.32 bits per heavy atom. The van der Waals surface area contributed by atoms with Gasteiger partial charge >= 0.3 is 0 Å². The minimum Gasteiger partial charge on any atom is -0.319 e. The van der Waals surface area contributed by atoms with Gasteiger partial charge in [0.1, 0.15) is 5.69 Å². The Hall–Kier alpha value is -5.86. The number of rotatable bonds is 10. The first-order valence-electron chi connectivity index (χ1n) is 15.7. The average Bonchev–Trinajstić information content (AvgIpc) is 3.81. The summed E-state index contributed by atoms with van der Waals surface area (Å²) in [6.07, 6.45) is 1.65. The summed E-state index contributed by atoms with van der Waals surface area (Å²) in [7, 11) is 1.77. The fourth-order valence-electron chi connectivity index (χ4n) is 5.48. The third kappa shape index (κ3) is 6.58. The minimum atomic E-state index is -0.612. The van der Waals surface area contributed by atoms with Crippen molar-refractivity contribution in [1.82, 2.24) is 34.3 Å². The molecule has 14 heteroatoms. The van der Waals surface area contributed by atoms with Crippen molar-refractivity contribution in [1.29, 1.82) is 0 Å². The number of hydrogen-bond acceptors (Lipinski definition) is 9. The van der Waals surface area contributed by atoms with Gasteiger partial charge in [0.25, 0.3) is 11.5 Å². The molecule has 0 saturated carbocycles. The van der Waals surface area contributed by atoms with E-state index in [1.54, 1.807) is 42.5 Å². The number of para-hydroxylation sites is 1. The first kappa shape index (κ1) is 32.7. The summed E-state index contributed by atoms with van der Waals surface area (Å²) < 4.78 is 5.48. The van der Waals surface area contributed by atoms with Crippen molar-refractivity contribution in [3.05, 3.63) is 130 Å². The molecule has 0 aliphatic carbocycles. The van der Waals surface area contributed by atoms with Crippen LogP contribution in [0.5, 0.6) is 0 Å². The molecule has 1 atom stereocenters. The second-order valence-corrected chi connectivity index (χ2v) is 14.0. The third-order valence-electron chi connectivity index (χ3n) is 8.17. The minimum absolute atomic E-state index is 0.213. The number of nitrogens with zero attached hydrogens (tertiary/aromatic N) is 7. The second-order valence-electron chi connectivity index (χ2n) is 11.5. The van der Waals surface area contributed by atoms with E-state index in [2.05, 4.69) is 25.9 Å². The van der Waals surface area contributed by atoms with Crippen LogP contribution in [-0.2, 0) is 18.4 Å². The van der Waals surface area contributed by atoms with Crippen LogP contribution >= 0.6 is 23.1 Å². The summed E-state index contributed by atoms with van der Waals surface area (Å²) in [5.41, 5.74) is 4.73. The lowest BCUT2D eigenvalue weighted by Gasteiger charge is -2.09. The number of carbonyl (C=O) groups excluding carboxylic acids is 2. The summed E-state index contributed by atoms with van der Waals surface area (Å²) in [6, 6.07) is 30.6. The maximum atomic E-state index is 13.8. The Labute approximate surface area is 294 Å². The molecular formula is C36H31N9O3S2. The number of amides is 2. The summed E-state index contributed by atoms with van der Waals surface area (Å²) in [5, 5.41) is 18.9. The zero-order valence-electron chi connectivity index (χ0n) is 27.3. The Bertz CT molecular complexity index is 2380. The Morgan fingerprint density at radius 2 is 1.60 bits per heavy atom. The van der Waals surface area contributed by atoms with Gasteiger partial charge in [-0.15, -0.1) is 10.2 Å². The molecule has 2 N–H and O–H groups in total. The number of fused-ring (bicyclic) bond motifs is 1. The molecule has 0 aliphatic heterocycles. The summed E-state index contributed by atoms with van der Waals surface area (Å²) in [6.45, 7) is 3.99. The number of aromatic nitrogens is 7. The van der Waals surface area contributed by atoms with E-state index in [0.29, 0.717) is 44.6 Å². The van der Waals surface area contributed by atoms with E-state index in [1.165, 1.54) is 16.4 Å². The van der Waals surface area contributed by atoms with Crippen LogP contribution in [0.25, 0.3) is 28.0 Å².